The van der Waals surface area contributed by atoms with E-state index in [0.29, 0.717) is 6.61 Å². The molecule has 0 fully saturated rings. The Hall–Kier alpha value is -1.28. The van der Waals surface area contributed by atoms with Crippen molar-refractivity contribution in [1.29, 1.82) is 0 Å². The van der Waals surface area contributed by atoms with Gasteiger partial charge in [0.1, 0.15) is 0 Å². The predicted octanol–water partition coefficient (Wildman–Crippen LogP) is 5.22. The number of carbonyl (C=O) groups excluding carboxylic acids is 1. The van der Waals surface area contributed by atoms with E-state index in [-0.39, 0.29) is 15.5 Å². The van der Waals surface area contributed by atoms with Crippen molar-refractivity contribution in [3.05, 3.63) is 34.9 Å². The minimum Gasteiger partial charge on any atom is -0.478 e. The number of benzene rings is 1. The number of alkyl halides is 3. The summed E-state index contributed by atoms with van der Waals surface area (Å²) in [6, 6.07) is 3.68. The van der Waals surface area contributed by atoms with Crippen LogP contribution in [0.25, 0.3) is 0 Å². The van der Waals surface area contributed by atoms with Crippen molar-refractivity contribution in [2.75, 3.05) is 6.61 Å². The number of hydrogen-bond acceptors (Lipinski definition) is 4. The van der Waals surface area contributed by atoms with E-state index < -0.39 is 23.2 Å². The molecule has 0 aromatic heterocycles. The molecule has 0 unspecified atom stereocenters. The Bertz CT molecular complexity index is 625. The molecule has 0 aliphatic heterocycles. The number of carbonyl (C=O) groups is 1. The standard InChI is InChI=1S/C16H20F3NO2S2/c1-6-22-14(23)24-20(15(3,4)5)13(21)12-10(2)8-7-9-11(12)16(17,18)19/h7-9H,6H2,1-5H3. The van der Waals surface area contributed by atoms with Crippen molar-refractivity contribution in [1.82, 2.24) is 4.31 Å². The van der Waals surface area contributed by atoms with E-state index in [1.54, 1.807) is 27.7 Å². The van der Waals surface area contributed by atoms with E-state index in [0.717, 1.165) is 18.0 Å². The molecule has 0 saturated heterocycles. The number of aryl methyl sites for hydroxylation is 1. The van der Waals surface area contributed by atoms with Gasteiger partial charge < -0.3 is 4.74 Å². The van der Waals surface area contributed by atoms with Crippen molar-refractivity contribution in [2.24, 2.45) is 0 Å². The molecular formula is C16H20F3NO2S2. The molecular weight excluding hydrogens is 359 g/mol. The fourth-order valence-electron chi connectivity index (χ4n) is 1.99. The first-order valence-corrected chi connectivity index (χ1v) is 8.43. The molecule has 1 rings (SSSR count). The van der Waals surface area contributed by atoms with Crippen LogP contribution in [0.2, 0.25) is 0 Å². The highest BCUT2D eigenvalue weighted by Gasteiger charge is 2.39. The summed E-state index contributed by atoms with van der Waals surface area (Å²) >= 11 is 5.86. The number of rotatable bonds is 2. The average molecular weight is 379 g/mol. The van der Waals surface area contributed by atoms with E-state index in [2.05, 4.69) is 0 Å². The summed E-state index contributed by atoms with van der Waals surface area (Å²) in [4.78, 5) is 12.9. The van der Waals surface area contributed by atoms with E-state index >= 15 is 0 Å². The highest BCUT2D eigenvalue weighted by Crippen LogP contribution is 2.36. The number of ether oxygens (including phenoxy) is 1. The van der Waals surface area contributed by atoms with Crippen LogP contribution < -0.4 is 0 Å². The van der Waals surface area contributed by atoms with Gasteiger partial charge in [-0.3, -0.25) is 9.10 Å². The zero-order valence-corrected chi connectivity index (χ0v) is 15.8. The minimum atomic E-state index is -4.62. The second-order valence-electron chi connectivity index (χ2n) is 6.04. The summed E-state index contributed by atoms with van der Waals surface area (Å²) in [5, 5.41) is 0. The molecule has 0 spiro atoms. The van der Waals surface area contributed by atoms with E-state index in [9.17, 15) is 18.0 Å². The lowest BCUT2D eigenvalue weighted by Crippen LogP contribution is -2.42. The second kappa shape index (κ2) is 7.74. The van der Waals surface area contributed by atoms with Crippen molar-refractivity contribution >= 4 is 34.5 Å². The molecule has 1 aromatic rings. The van der Waals surface area contributed by atoms with E-state index in [1.807, 2.05) is 0 Å². The van der Waals surface area contributed by atoms with Gasteiger partial charge >= 0.3 is 6.18 Å². The lowest BCUT2D eigenvalue weighted by atomic mass is 9.99. The number of thiocarbonyl (C=S) groups is 1. The van der Waals surface area contributed by atoms with Crippen molar-refractivity contribution in [3.63, 3.8) is 0 Å². The van der Waals surface area contributed by atoms with Crippen LogP contribution in [-0.2, 0) is 10.9 Å². The summed E-state index contributed by atoms with van der Waals surface area (Å²) in [6.07, 6.45) is -4.62. The molecule has 0 aliphatic carbocycles. The van der Waals surface area contributed by atoms with Gasteiger partial charge in [0.15, 0.2) is 0 Å². The largest absolute Gasteiger partial charge is 0.478 e. The summed E-state index contributed by atoms with van der Waals surface area (Å²) in [5.74, 6) is -0.750. The topological polar surface area (TPSA) is 29.5 Å². The maximum Gasteiger partial charge on any atom is 0.417 e. The molecule has 24 heavy (non-hydrogen) atoms. The third kappa shape index (κ3) is 5.11. The van der Waals surface area contributed by atoms with Gasteiger partial charge in [0.25, 0.3) is 5.91 Å². The molecule has 0 N–H and O–H groups in total. The lowest BCUT2D eigenvalue weighted by Gasteiger charge is -2.34. The molecule has 0 radical (unpaired) electrons. The van der Waals surface area contributed by atoms with Gasteiger partial charge in [0.2, 0.25) is 4.38 Å². The maximum absolute atomic E-state index is 13.3. The first kappa shape index (κ1) is 20.8. The van der Waals surface area contributed by atoms with Gasteiger partial charge in [-0.05, 0) is 58.5 Å². The van der Waals surface area contributed by atoms with Crippen LogP contribution in [-0.4, -0.2) is 26.7 Å². The Balaban J connectivity index is 3.37. The van der Waals surface area contributed by atoms with Crippen LogP contribution >= 0.6 is 24.2 Å². The smallest absolute Gasteiger partial charge is 0.417 e. The van der Waals surface area contributed by atoms with Gasteiger partial charge in [0.05, 0.1) is 17.7 Å². The van der Waals surface area contributed by atoms with Gasteiger partial charge in [0, 0.05) is 17.5 Å². The highest BCUT2D eigenvalue weighted by atomic mass is 32.2. The second-order valence-corrected chi connectivity index (χ2v) is 7.59. The Labute approximate surface area is 149 Å². The number of hydrogen-bond donors (Lipinski definition) is 0. The van der Waals surface area contributed by atoms with Crippen LogP contribution in [0.3, 0.4) is 0 Å². The third-order valence-electron chi connectivity index (χ3n) is 3.01. The summed E-state index contributed by atoms with van der Waals surface area (Å²) in [6.45, 7) is 8.69. The zero-order valence-electron chi connectivity index (χ0n) is 14.2. The normalized spacial score (nSPS) is 12.0. The first-order valence-electron chi connectivity index (χ1n) is 7.25. The lowest BCUT2D eigenvalue weighted by molar-refractivity contribution is -0.138. The first-order chi connectivity index (χ1) is 10.9. The Kier molecular flexibility index (Phi) is 6.69. The van der Waals surface area contributed by atoms with Crippen LogP contribution in [0.1, 0.15) is 49.2 Å². The van der Waals surface area contributed by atoms with Crippen molar-refractivity contribution in [2.45, 2.75) is 46.3 Å². The van der Waals surface area contributed by atoms with Crippen LogP contribution in [0.5, 0.6) is 0 Å². The maximum atomic E-state index is 13.3. The van der Waals surface area contributed by atoms with Crippen molar-refractivity contribution in [3.8, 4) is 0 Å². The molecule has 8 heteroatoms. The fourth-order valence-corrected chi connectivity index (χ4v) is 3.10. The SMILES string of the molecule is CCOC(=S)SN(C(=O)c1c(C)cccc1C(F)(F)F)C(C)(C)C. The van der Waals surface area contributed by atoms with E-state index in [4.69, 9.17) is 17.0 Å². The predicted molar refractivity (Wildman–Crippen MR) is 93.9 cm³/mol. The molecule has 3 nitrogen and oxygen atoms in total. The molecule has 0 heterocycles. The van der Waals surface area contributed by atoms with Crippen LogP contribution in [0.15, 0.2) is 18.2 Å². The molecule has 0 atom stereocenters. The van der Waals surface area contributed by atoms with E-state index in [1.165, 1.54) is 23.4 Å². The van der Waals surface area contributed by atoms with Gasteiger partial charge in [-0.25, -0.2) is 0 Å². The zero-order chi connectivity index (χ0) is 18.7. The minimum absolute atomic E-state index is 0.0860. The molecule has 1 aromatic carbocycles. The third-order valence-corrected chi connectivity index (χ3v) is 4.52. The fraction of sp³-hybridized carbons (Fsp3) is 0.500. The van der Waals surface area contributed by atoms with Crippen LogP contribution in [0.4, 0.5) is 13.2 Å². The number of amides is 1. The van der Waals surface area contributed by atoms with Gasteiger partial charge in [-0.2, -0.15) is 13.2 Å². The molecule has 1 amide bonds. The van der Waals surface area contributed by atoms with Crippen LogP contribution in [0, 0.1) is 6.92 Å². The van der Waals surface area contributed by atoms with Crippen molar-refractivity contribution < 1.29 is 22.7 Å². The van der Waals surface area contributed by atoms with Gasteiger partial charge in [-0.1, -0.05) is 12.1 Å². The molecule has 0 saturated carbocycles. The Morgan fingerprint density at radius 2 is 1.88 bits per heavy atom. The Morgan fingerprint density at radius 1 is 1.29 bits per heavy atom. The van der Waals surface area contributed by atoms with Gasteiger partial charge in [-0.15, -0.1) is 0 Å². The average Bonchev–Trinajstić information content (AvgIpc) is 2.42. The quantitative estimate of drug-likeness (QED) is 0.520. The summed E-state index contributed by atoms with van der Waals surface area (Å²) < 4.78 is 46.4. The monoisotopic (exact) mass is 379 g/mol. The molecule has 0 aliphatic rings. The number of nitrogens with zero attached hydrogens (tertiary/aromatic N) is 1. The number of halogens is 3. The molecule has 134 valence electrons. The highest BCUT2D eigenvalue weighted by molar-refractivity contribution is 8.21. The summed E-state index contributed by atoms with van der Waals surface area (Å²) in [5.41, 5.74) is -1.82. The summed E-state index contributed by atoms with van der Waals surface area (Å²) in [7, 11) is 0. The Morgan fingerprint density at radius 3 is 2.33 bits per heavy atom. The molecule has 0 bridgehead atoms.